The van der Waals surface area contributed by atoms with Crippen LogP contribution >= 0.6 is 0 Å². The molecule has 0 radical (unpaired) electrons. The highest BCUT2D eigenvalue weighted by atomic mass is 16.3. The van der Waals surface area contributed by atoms with Gasteiger partial charge >= 0.3 is 6.03 Å². The van der Waals surface area contributed by atoms with Crippen molar-refractivity contribution < 1.29 is 9.90 Å². The average molecular weight is 337 g/mol. The molecule has 0 aliphatic rings. The lowest BCUT2D eigenvalue weighted by molar-refractivity contribution is 0.175. The lowest BCUT2D eigenvalue weighted by Gasteiger charge is -2.14. The van der Waals surface area contributed by atoms with Crippen molar-refractivity contribution in [2.24, 2.45) is 7.05 Å². The number of hydrogen-bond acceptors (Lipinski definition) is 3. The molecule has 0 fully saturated rings. The third-order valence-electron chi connectivity index (χ3n) is 3.99. The summed E-state index contributed by atoms with van der Waals surface area (Å²) in [6, 6.07) is 16.2. The predicted octanol–water partition coefficient (Wildman–Crippen LogP) is 2.39. The molecule has 0 bridgehead atoms. The molecule has 6 nitrogen and oxygen atoms in total. The molecule has 0 saturated heterocycles. The van der Waals surface area contributed by atoms with Crippen LogP contribution in [-0.2, 0) is 7.05 Å². The van der Waals surface area contributed by atoms with Crippen LogP contribution in [0.4, 0.5) is 10.5 Å². The number of aromatic nitrogens is 1. The first kappa shape index (κ1) is 16.7. The van der Waals surface area contributed by atoms with Crippen molar-refractivity contribution in [2.75, 3.05) is 11.9 Å². The Balaban J connectivity index is 1.62. The van der Waals surface area contributed by atoms with E-state index in [9.17, 15) is 14.7 Å². The SMILES string of the molecule is Cn1cccc(NC(=O)NCC(O)c2ccc3ccccc3c2)c1=O. The first-order chi connectivity index (χ1) is 12.0. The Morgan fingerprint density at radius 1 is 1.12 bits per heavy atom. The third kappa shape index (κ3) is 3.87. The molecule has 1 atom stereocenters. The highest BCUT2D eigenvalue weighted by Gasteiger charge is 2.11. The Hall–Kier alpha value is -3.12. The Morgan fingerprint density at radius 2 is 1.88 bits per heavy atom. The van der Waals surface area contributed by atoms with E-state index in [1.807, 2.05) is 42.5 Å². The smallest absolute Gasteiger partial charge is 0.319 e. The summed E-state index contributed by atoms with van der Waals surface area (Å²) in [4.78, 5) is 23.8. The zero-order valence-electron chi connectivity index (χ0n) is 13.8. The van der Waals surface area contributed by atoms with Gasteiger partial charge in [0.15, 0.2) is 0 Å². The first-order valence-corrected chi connectivity index (χ1v) is 7.92. The quantitative estimate of drug-likeness (QED) is 0.683. The Morgan fingerprint density at radius 3 is 2.68 bits per heavy atom. The van der Waals surface area contributed by atoms with Gasteiger partial charge in [-0.3, -0.25) is 4.79 Å². The molecule has 3 aromatic rings. The van der Waals surface area contributed by atoms with Crippen LogP contribution < -0.4 is 16.2 Å². The number of anilines is 1. The monoisotopic (exact) mass is 337 g/mol. The number of hydrogen-bond donors (Lipinski definition) is 3. The Labute approximate surface area is 144 Å². The second-order valence-corrected chi connectivity index (χ2v) is 5.80. The molecule has 1 unspecified atom stereocenters. The molecule has 0 saturated carbocycles. The van der Waals surface area contributed by atoms with Gasteiger partial charge in [-0.2, -0.15) is 0 Å². The zero-order chi connectivity index (χ0) is 17.8. The molecular weight excluding hydrogens is 318 g/mol. The summed E-state index contributed by atoms with van der Waals surface area (Å²) in [5.41, 5.74) is 0.602. The topological polar surface area (TPSA) is 83.4 Å². The molecule has 6 heteroatoms. The number of aliphatic hydroxyl groups is 1. The fourth-order valence-electron chi connectivity index (χ4n) is 2.58. The standard InChI is InChI=1S/C19H19N3O3/c1-22-10-4-7-16(18(22)24)21-19(25)20-12-17(23)15-9-8-13-5-2-3-6-14(13)11-15/h2-11,17,23H,12H2,1H3,(H2,20,21,25). The number of amides is 2. The van der Waals surface area contributed by atoms with Gasteiger partial charge in [0, 0.05) is 19.8 Å². The van der Waals surface area contributed by atoms with Crippen molar-refractivity contribution in [1.82, 2.24) is 9.88 Å². The Kier molecular flexibility index (Phi) is 4.81. The maximum absolute atomic E-state index is 11.9. The van der Waals surface area contributed by atoms with Crippen LogP contribution in [0.25, 0.3) is 10.8 Å². The molecule has 2 aromatic carbocycles. The van der Waals surface area contributed by atoms with Crippen molar-refractivity contribution in [3.63, 3.8) is 0 Å². The average Bonchev–Trinajstić information content (AvgIpc) is 2.63. The molecule has 0 aliphatic heterocycles. The van der Waals surface area contributed by atoms with E-state index in [0.717, 1.165) is 16.3 Å². The number of pyridine rings is 1. The Bertz CT molecular complexity index is 965. The minimum Gasteiger partial charge on any atom is -0.387 e. The summed E-state index contributed by atoms with van der Waals surface area (Å²) < 4.78 is 1.37. The summed E-state index contributed by atoms with van der Waals surface area (Å²) in [5.74, 6) is 0. The zero-order valence-corrected chi connectivity index (χ0v) is 13.8. The summed E-state index contributed by atoms with van der Waals surface area (Å²) in [7, 11) is 1.61. The van der Waals surface area contributed by atoms with Crippen LogP contribution in [0.5, 0.6) is 0 Å². The number of carbonyl (C=O) groups excluding carboxylic acids is 1. The predicted molar refractivity (Wildman–Crippen MR) is 97.6 cm³/mol. The van der Waals surface area contributed by atoms with E-state index >= 15 is 0 Å². The number of carbonyl (C=O) groups is 1. The van der Waals surface area contributed by atoms with Gasteiger partial charge < -0.3 is 20.3 Å². The van der Waals surface area contributed by atoms with Gasteiger partial charge in [0.2, 0.25) is 0 Å². The molecule has 25 heavy (non-hydrogen) atoms. The first-order valence-electron chi connectivity index (χ1n) is 7.92. The van der Waals surface area contributed by atoms with Gasteiger partial charge in [0.25, 0.3) is 5.56 Å². The van der Waals surface area contributed by atoms with Gasteiger partial charge in [-0.05, 0) is 34.5 Å². The van der Waals surface area contributed by atoms with Gasteiger partial charge in [-0.25, -0.2) is 4.79 Å². The number of fused-ring (bicyclic) bond motifs is 1. The number of rotatable bonds is 4. The fourth-order valence-corrected chi connectivity index (χ4v) is 2.58. The molecule has 0 spiro atoms. The minimum atomic E-state index is -0.839. The summed E-state index contributed by atoms with van der Waals surface area (Å²) in [6.45, 7) is 0.0390. The second-order valence-electron chi connectivity index (χ2n) is 5.80. The largest absolute Gasteiger partial charge is 0.387 e. The molecule has 1 heterocycles. The molecule has 3 rings (SSSR count). The minimum absolute atomic E-state index is 0.0390. The van der Waals surface area contributed by atoms with Crippen molar-refractivity contribution >= 4 is 22.5 Å². The van der Waals surface area contributed by atoms with Crippen molar-refractivity contribution in [3.05, 3.63) is 76.7 Å². The highest BCUT2D eigenvalue weighted by Crippen LogP contribution is 2.20. The van der Waals surface area contributed by atoms with Crippen LogP contribution in [0.15, 0.2) is 65.6 Å². The van der Waals surface area contributed by atoms with E-state index in [-0.39, 0.29) is 17.8 Å². The third-order valence-corrected chi connectivity index (χ3v) is 3.99. The van der Waals surface area contributed by atoms with Crippen LogP contribution in [-0.4, -0.2) is 22.2 Å². The maximum Gasteiger partial charge on any atom is 0.319 e. The van der Waals surface area contributed by atoms with Gasteiger partial charge in [-0.15, -0.1) is 0 Å². The number of urea groups is 1. The lowest BCUT2D eigenvalue weighted by Crippen LogP contribution is -2.34. The lowest BCUT2D eigenvalue weighted by atomic mass is 10.0. The van der Waals surface area contributed by atoms with Crippen LogP contribution in [0.3, 0.4) is 0 Å². The molecule has 128 valence electrons. The van der Waals surface area contributed by atoms with Crippen LogP contribution in [0.1, 0.15) is 11.7 Å². The summed E-state index contributed by atoms with van der Waals surface area (Å²) >= 11 is 0. The summed E-state index contributed by atoms with van der Waals surface area (Å²) in [6.07, 6.45) is 0.767. The number of benzene rings is 2. The van der Waals surface area contributed by atoms with E-state index in [1.165, 1.54) is 10.6 Å². The second kappa shape index (κ2) is 7.19. The van der Waals surface area contributed by atoms with Crippen molar-refractivity contribution in [1.29, 1.82) is 0 Å². The molecule has 1 aromatic heterocycles. The van der Waals surface area contributed by atoms with Gasteiger partial charge in [-0.1, -0.05) is 36.4 Å². The van der Waals surface area contributed by atoms with Crippen LogP contribution in [0.2, 0.25) is 0 Å². The highest BCUT2D eigenvalue weighted by molar-refractivity contribution is 5.89. The van der Waals surface area contributed by atoms with Gasteiger partial charge in [0.05, 0.1) is 6.10 Å². The molecule has 0 aliphatic carbocycles. The van der Waals surface area contributed by atoms with Crippen LogP contribution in [0, 0.1) is 0 Å². The van der Waals surface area contributed by atoms with Crippen molar-refractivity contribution in [3.8, 4) is 0 Å². The normalized spacial score (nSPS) is 11.9. The fraction of sp³-hybridized carbons (Fsp3) is 0.158. The number of nitrogens with zero attached hydrogens (tertiary/aromatic N) is 1. The number of nitrogens with one attached hydrogen (secondary N) is 2. The van der Waals surface area contributed by atoms with Crippen molar-refractivity contribution in [2.45, 2.75) is 6.10 Å². The van der Waals surface area contributed by atoms with E-state index in [0.29, 0.717) is 0 Å². The number of aliphatic hydroxyl groups excluding tert-OH is 1. The molecule has 2 amide bonds. The molecule has 3 N–H and O–H groups in total. The van der Waals surface area contributed by atoms with E-state index < -0.39 is 12.1 Å². The van der Waals surface area contributed by atoms with Gasteiger partial charge in [0.1, 0.15) is 5.69 Å². The summed E-state index contributed by atoms with van der Waals surface area (Å²) in [5, 5.41) is 17.5. The maximum atomic E-state index is 11.9. The van der Waals surface area contributed by atoms with E-state index in [4.69, 9.17) is 0 Å². The molecular formula is C19H19N3O3. The van der Waals surface area contributed by atoms with E-state index in [2.05, 4.69) is 10.6 Å². The number of aryl methyl sites for hydroxylation is 1. The van der Waals surface area contributed by atoms with E-state index in [1.54, 1.807) is 19.3 Å².